The number of hydrogen-bond acceptors (Lipinski definition) is 8. The lowest BCUT2D eigenvalue weighted by Gasteiger charge is -2.04. The average Bonchev–Trinajstić information content (AvgIpc) is 3.45. The number of anilines is 1. The van der Waals surface area contributed by atoms with Gasteiger partial charge in [-0.1, -0.05) is 30.3 Å². The maximum absolute atomic E-state index is 13.1. The summed E-state index contributed by atoms with van der Waals surface area (Å²) in [4.78, 5) is 34.0. The van der Waals surface area contributed by atoms with Gasteiger partial charge in [0.05, 0.1) is 28.7 Å². The summed E-state index contributed by atoms with van der Waals surface area (Å²) < 4.78 is 1.33. The smallest absolute Gasteiger partial charge is 0.270 e. The molecule has 0 fully saturated rings. The van der Waals surface area contributed by atoms with Crippen LogP contribution in [-0.4, -0.2) is 31.7 Å². The maximum atomic E-state index is 13.1. The number of nitrogens with one attached hydrogen (secondary N) is 1. The quantitative estimate of drug-likeness (QED) is 0.218. The molecular weight excluding hydrogens is 454 g/mol. The maximum Gasteiger partial charge on any atom is 0.270 e. The third-order valence-corrected chi connectivity index (χ3v) is 5.98. The Morgan fingerprint density at radius 2 is 1.94 bits per heavy atom. The number of benzene rings is 2. The van der Waals surface area contributed by atoms with Crippen LogP contribution in [0.5, 0.6) is 0 Å². The van der Waals surface area contributed by atoms with E-state index in [0.29, 0.717) is 34.3 Å². The highest BCUT2D eigenvalue weighted by Gasteiger charge is 2.24. The highest BCUT2D eigenvalue weighted by Crippen LogP contribution is 2.28. The van der Waals surface area contributed by atoms with Crippen LogP contribution in [0.25, 0.3) is 22.2 Å². The Morgan fingerprint density at radius 1 is 1.15 bits per heavy atom. The Morgan fingerprint density at radius 3 is 2.68 bits per heavy atom. The average molecular weight is 472 g/mol. The van der Waals surface area contributed by atoms with Gasteiger partial charge in [-0.15, -0.1) is 11.3 Å². The number of hydrogen-bond donors (Lipinski definition) is 2. The third kappa shape index (κ3) is 3.95. The van der Waals surface area contributed by atoms with Gasteiger partial charge in [0, 0.05) is 22.6 Å². The molecule has 11 heteroatoms. The van der Waals surface area contributed by atoms with E-state index in [1.807, 2.05) is 29.6 Å². The first-order chi connectivity index (χ1) is 16.5. The molecule has 0 saturated carbocycles. The fourth-order valence-corrected chi connectivity index (χ4v) is 4.14. The third-order valence-electron chi connectivity index (χ3n) is 5.11. The summed E-state index contributed by atoms with van der Waals surface area (Å²) in [6, 6.07) is 17.1. The lowest BCUT2D eigenvalue weighted by molar-refractivity contribution is -0.384. The van der Waals surface area contributed by atoms with Crippen LogP contribution in [0.2, 0.25) is 0 Å². The molecule has 1 amide bonds. The van der Waals surface area contributed by atoms with Gasteiger partial charge in [0.15, 0.2) is 5.65 Å². The van der Waals surface area contributed by atoms with Crippen LogP contribution in [0.1, 0.15) is 20.8 Å². The van der Waals surface area contributed by atoms with Crippen molar-refractivity contribution in [2.75, 3.05) is 5.73 Å². The number of carbonyl (C=O) groups is 1. The van der Waals surface area contributed by atoms with Gasteiger partial charge in [0.25, 0.3) is 11.6 Å². The van der Waals surface area contributed by atoms with Gasteiger partial charge in [0.1, 0.15) is 16.9 Å². The standard InChI is InChI=1S/C23H17N7O3S/c24-21-19(23(31)25-13-16-7-4-10-34-16)20-22(28-18-9-2-1-8-17(18)27-20)29(21)26-12-14-5-3-6-15(11-14)30(32)33/h1-12H,13,24H2,(H,25,31)/b26-12+. The van der Waals surface area contributed by atoms with E-state index in [0.717, 1.165) is 4.88 Å². The number of nitro benzene ring substituents is 1. The van der Waals surface area contributed by atoms with Crippen molar-refractivity contribution >= 4 is 57.2 Å². The number of fused-ring (bicyclic) bond motifs is 2. The predicted octanol–water partition coefficient (Wildman–Crippen LogP) is 3.95. The van der Waals surface area contributed by atoms with Gasteiger partial charge >= 0.3 is 0 Å². The number of non-ortho nitro benzene ring substituents is 1. The Bertz CT molecular complexity index is 1570. The van der Waals surface area contributed by atoms with Gasteiger partial charge in [-0.25, -0.2) is 9.97 Å². The normalized spacial score (nSPS) is 11.4. The molecule has 0 spiro atoms. The number of thiophene rings is 1. The zero-order valence-electron chi connectivity index (χ0n) is 17.6. The lowest BCUT2D eigenvalue weighted by Crippen LogP contribution is -2.23. The molecule has 3 N–H and O–H groups in total. The molecule has 0 saturated heterocycles. The molecular formula is C23H17N7O3S. The van der Waals surface area contributed by atoms with E-state index in [2.05, 4.69) is 20.4 Å². The van der Waals surface area contributed by atoms with Crippen molar-refractivity contribution in [2.45, 2.75) is 6.54 Å². The highest BCUT2D eigenvalue weighted by atomic mass is 32.1. The van der Waals surface area contributed by atoms with E-state index in [1.54, 1.807) is 24.3 Å². The zero-order valence-corrected chi connectivity index (χ0v) is 18.4. The lowest BCUT2D eigenvalue weighted by atomic mass is 10.2. The topological polar surface area (TPSA) is 141 Å². The minimum Gasteiger partial charge on any atom is -0.383 e. The Balaban J connectivity index is 1.61. The summed E-state index contributed by atoms with van der Waals surface area (Å²) in [7, 11) is 0. The fourth-order valence-electron chi connectivity index (χ4n) is 3.50. The highest BCUT2D eigenvalue weighted by molar-refractivity contribution is 7.09. The summed E-state index contributed by atoms with van der Waals surface area (Å²) >= 11 is 1.53. The molecule has 0 aliphatic carbocycles. The Labute approximate surface area is 196 Å². The van der Waals surface area contributed by atoms with Crippen molar-refractivity contribution in [1.82, 2.24) is 20.0 Å². The first-order valence-electron chi connectivity index (χ1n) is 10.2. The van der Waals surface area contributed by atoms with Crippen LogP contribution in [0, 0.1) is 10.1 Å². The summed E-state index contributed by atoms with van der Waals surface area (Å²) in [5.74, 6) is -0.333. The number of rotatable bonds is 6. The molecule has 2 aromatic carbocycles. The first-order valence-corrected chi connectivity index (χ1v) is 11.1. The first kappa shape index (κ1) is 21.2. The molecule has 0 atom stereocenters. The number of nitrogens with zero attached hydrogens (tertiary/aromatic N) is 5. The van der Waals surface area contributed by atoms with Gasteiger partial charge < -0.3 is 11.1 Å². The van der Waals surface area contributed by atoms with Crippen molar-refractivity contribution in [3.8, 4) is 0 Å². The number of nitrogens with two attached hydrogens (primary N) is 1. The zero-order chi connectivity index (χ0) is 23.7. The molecule has 5 aromatic rings. The number of carbonyl (C=O) groups excluding carboxylic acids is 1. The predicted molar refractivity (Wildman–Crippen MR) is 131 cm³/mol. The van der Waals surface area contributed by atoms with Crippen molar-refractivity contribution in [3.05, 3.63) is 92.2 Å². The van der Waals surface area contributed by atoms with Crippen molar-refractivity contribution in [2.24, 2.45) is 5.10 Å². The van der Waals surface area contributed by atoms with E-state index < -0.39 is 10.8 Å². The van der Waals surface area contributed by atoms with Crippen LogP contribution >= 0.6 is 11.3 Å². The number of para-hydroxylation sites is 2. The minimum absolute atomic E-state index is 0.0614. The van der Waals surface area contributed by atoms with Crippen LogP contribution in [0.15, 0.2) is 71.1 Å². The van der Waals surface area contributed by atoms with E-state index in [4.69, 9.17) is 5.73 Å². The molecule has 3 aromatic heterocycles. The molecule has 0 radical (unpaired) electrons. The second-order valence-corrected chi connectivity index (χ2v) is 8.35. The summed E-state index contributed by atoms with van der Waals surface area (Å²) in [5.41, 5.74) is 8.82. The second-order valence-electron chi connectivity index (χ2n) is 7.32. The molecule has 168 valence electrons. The monoisotopic (exact) mass is 471 g/mol. The number of amides is 1. The molecule has 3 heterocycles. The van der Waals surface area contributed by atoms with Crippen LogP contribution in [-0.2, 0) is 6.54 Å². The molecule has 34 heavy (non-hydrogen) atoms. The minimum atomic E-state index is -0.482. The van der Waals surface area contributed by atoms with E-state index >= 15 is 0 Å². The second kappa shape index (κ2) is 8.71. The molecule has 0 aliphatic rings. The summed E-state index contributed by atoms with van der Waals surface area (Å²) in [6.07, 6.45) is 1.42. The number of aromatic nitrogens is 3. The molecule has 0 aliphatic heterocycles. The van der Waals surface area contributed by atoms with Gasteiger partial charge in [0.2, 0.25) is 0 Å². The van der Waals surface area contributed by atoms with Gasteiger partial charge in [-0.2, -0.15) is 9.78 Å². The molecule has 0 bridgehead atoms. The Hall–Kier alpha value is -4.64. The van der Waals surface area contributed by atoms with Crippen molar-refractivity contribution in [3.63, 3.8) is 0 Å². The van der Waals surface area contributed by atoms with Gasteiger partial charge in [-0.05, 0) is 23.6 Å². The Kier molecular flexibility index (Phi) is 5.44. The SMILES string of the molecule is Nc1c(C(=O)NCc2cccs2)c2nc3ccccc3nc2n1/N=C/c1cccc([N+](=O)[O-])c1. The van der Waals surface area contributed by atoms with Crippen molar-refractivity contribution in [1.29, 1.82) is 0 Å². The van der Waals surface area contributed by atoms with E-state index in [-0.39, 0.29) is 17.1 Å². The summed E-state index contributed by atoms with van der Waals surface area (Å²) in [5, 5.41) is 20.3. The number of nitro groups is 1. The van der Waals surface area contributed by atoms with Crippen LogP contribution in [0.3, 0.4) is 0 Å². The molecule has 10 nitrogen and oxygen atoms in total. The summed E-state index contributed by atoms with van der Waals surface area (Å²) in [6.45, 7) is 0.348. The molecule has 0 unspecified atom stereocenters. The fraction of sp³-hybridized carbons (Fsp3) is 0.0435. The van der Waals surface area contributed by atoms with Crippen molar-refractivity contribution < 1.29 is 9.72 Å². The van der Waals surface area contributed by atoms with Gasteiger partial charge in [-0.3, -0.25) is 14.9 Å². The van der Waals surface area contributed by atoms with E-state index in [1.165, 1.54) is 34.4 Å². The van der Waals surface area contributed by atoms with Crippen LogP contribution in [0.4, 0.5) is 11.5 Å². The van der Waals surface area contributed by atoms with Crippen LogP contribution < -0.4 is 11.1 Å². The number of nitrogen functional groups attached to an aromatic ring is 1. The van der Waals surface area contributed by atoms with E-state index in [9.17, 15) is 14.9 Å². The molecule has 5 rings (SSSR count). The largest absolute Gasteiger partial charge is 0.383 e.